The number of aromatic nitrogens is 2. The summed E-state index contributed by atoms with van der Waals surface area (Å²) in [6, 6.07) is 0.649. The second-order valence-corrected chi connectivity index (χ2v) is 4.84. The fourth-order valence-electron chi connectivity index (χ4n) is 1.81. The zero-order valence-corrected chi connectivity index (χ0v) is 13.0. The zero-order valence-electron chi connectivity index (χ0n) is 13.0. The average Bonchev–Trinajstić information content (AvgIpc) is 2.92. The summed E-state index contributed by atoms with van der Waals surface area (Å²) in [6.45, 7) is 8.40. The third kappa shape index (κ3) is 6.34. The Morgan fingerprint density at radius 3 is 2.45 bits per heavy atom. The first-order chi connectivity index (χ1) is 9.81. The quantitative estimate of drug-likeness (QED) is 0.594. The second-order valence-electron chi connectivity index (χ2n) is 4.84. The molecule has 1 rings (SSSR count). The molecule has 20 heavy (non-hydrogen) atoms. The molecule has 116 valence electrons. The van der Waals surface area contributed by atoms with Crippen LogP contribution < -0.4 is 10.2 Å². The van der Waals surface area contributed by atoms with Crippen LogP contribution in [0.5, 0.6) is 0 Å². The second kappa shape index (κ2) is 10.6. The molecule has 0 fully saturated rings. The molecule has 0 saturated carbocycles. The molecule has 0 radical (unpaired) electrons. The Labute approximate surface area is 121 Å². The van der Waals surface area contributed by atoms with Crippen LogP contribution in [0.25, 0.3) is 0 Å². The smallest absolute Gasteiger partial charge is 0.318 e. The predicted octanol–water partition coefficient (Wildman–Crippen LogP) is 2.21. The topological polar surface area (TPSA) is 63.4 Å². The van der Waals surface area contributed by atoms with Gasteiger partial charge in [-0.05, 0) is 12.8 Å². The first-order valence-corrected chi connectivity index (χ1v) is 7.58. The molecule has 0 aromatic carbocycles. The van der Waals surface area contributed by atoms with Crippen LogP contribution in [0, 0.1) is 0 Å². The maximum atomic E-state index is 5.72. The van der Waals surface area contributed by atoms with Gasteiger partial charge in [-0.15, -0.1) is 5.10 Å². The maximum Gasteiger partial charge on any atom is 0.318 e. The molecule has 1 N–H and O–H groups in total. The van der Waals surface area contributed by atoms with Gasteiger partial charge < -0.3 is 19.4 Å². The Kier molecular flexibility index (Phi) is 8.98. The lowest BCUT2D eigenvalue weighted by molar-refractivity contribution is 0.198. The molecule has 6 heteroatoms. The maximum absolute atomic E-state index is 5.72. The average molecular weight is 284 g/mol. The van der Waals surface area contributed by atoms with Crippen LogP contribution in [-0.2, 0) is 11.3 Å². The molecule has 0 aliphatic heterocycles. The van der Waals surface area contributed by atoms with E-state index in [1.807, 2.05) is 0 Å². The van der Waals surface area contributed by atoms with Crippen LogP contribution >= 0.6 is 0 Å². The molecular formula is C14H28N4O2. The molecular weight excluding hydrogens is 256 g/mol. The van der Waals surface area contributed by atoms with Crippen LogP contribution in [-0.4, -0.2) is 43.5 Å². The highest BCUT2D eigenvalue weighted by atomic mass is 16.5. The first kappa shape index (κ1) is 16.9. The molecule has 0 spiro atoms. The number of nitrogens with one attached hydrogen (secondary N) is 1. The van der Waals surface area contributed by atoms with Gasteiger partial charge in [0.2, 0.25) is 5.89 Å². The molecule has 0 saturated heterocycles. The van der Waals surface area contributed by atoms with Crippen molar-refractivity contribution in [3.63, 3.8) is 0 Å². The van der Waals surface area contributed by atoms with E-state index in [4.69, 9.17) is 9.15 Å². The van der Waals surface area contributed by atoms with Crippen LogP contribution in [0.3, 0.4) is 0 Å². The van der Waals surface area contributed by atoms with E-state index in [1.54, 1.807) is 7.11 Å². The van der Waals surface area contributed by atoms with Crippen molar-refractivity contribution in [1.82, 2.24) is 15.5 Å². The molecule has 0 aliphatic rings. The van der Waals surface area contributed by atoms with E-state index in [-0.39, 0.29) is 0 Å². The summed E-state index contributed by atoms with van der Waals surface area (Å²) in [4.78, 5) is 2.19. The highest BCUT2D eigenvalue weighted by Gasteiger charge is 2.13. The molecule has 0 bridgehead atoms. The Hall–Kier alpha value is -1.14. The normalized spacial score (nSPS) is 10.9. The number of rotatable bonds is 12. The van der Waals surface area contributed by atoms with Gasteiger partial charge >= 0.3 is 6.01 Å². The molecule has 1 aromatic heterocycles. The van der Waals surface area contributed by atoms with E-state index < -0.39 is 0 Å². The van der Waals surface area contributed by atoms with E-state index in [9.17, 15) is 0 Å². The van der Waals surface area contributed by atoms with Gasteiger partial charge in [0.05, 0.1) is 13.2 Å². The lowest BCUT2D eigenvalue weighted by atomic mass is 10.3. The van der Waals surface area contributed by atoms with Crippen molar-refractivity contribution in [2.24, 2.45) is 0 Å². The van der Waals surface area contributed by atoms with E-state index in [0.29, 0.717) is 25.1 Å². The Morgan fingerprint density at radius 2 is 1.85 bits per heavy atom. The van der Waals surface area contributed by atoms with Crippen molar-refractivity contribution in [3.8, 4) is 0 Å². The van der Waals surface area contributed by atoms with Crippen LogP contribution in [0.1, 0.15) is 45.4 Å². The third-order valence-corrected chi connectivity index (χ3v) is 3.05. The first-order valence-electron chi connectivity index (χ1n) is 7.58. The van der Waals surface area contributed by atoms with Crippen molar-refractivity contribution in [2.45, 2.75) is 46.1 Å². The summed E-state index contributed by atoms with van der Waals surface area (Å²) in [6.07, 6.45) is 4.63. The van der Waals surface area contributed by atoms with E-state index in [2.05, 4.69) is 34.3 Å². The highest BCUT2D eigenvalue weighted by molar-refractivity contribution is 5.23. The molecule has 0 atom stereocenters. The van der Waals surface area contributed by atoms with Gasteiger partial charge in [0.25, 0.3) is 0 Å². The molecule has 1 heterocycles. The van der Waals surface area contributed by atoms with Gasteiger partial charge in [0.1, 0.15) is 0 Å². The van der Waals surface area contributed by atoms with Crippen molar-refractivity contribution < 1.29 is 9.15 Å². The summed E-state index contributed by atoms with van der Waals surface area (Å²) >= 11 is 0. The number of hydrogen-bond donors (Lipinski definition) is 1. The lowest BCUT2D eigenvalue weighted by Crippen LogP contribution is -2.25. The zero-order chi connectivity index (χ0) is 14.6. The fourth-order valence-corrected chi connectivity index (χ4v) is 1.81. The minimum Gasteiger partial charge on any atom is -0.407 e. The highest BCUT2D eigenvalue weighted by Crippen LogP contribution is 2.14. The molecule has 6 nitrogen and oxygen atoms in total. The standard InChI is InChI=1S/C14H28N4O2/c1-4-6-9-18(10-7-5-2)14-17-16-13(20-14)12-15-8-11-19-3/h15H,4-12H2,1-3H3. The van der Waals surface area contributed by atoms with Gasteiger partial charge in [0, 0.05) is 26.7 Å². The predicted molar refractivity (Wildman–Crippen MR) is 79.9 cm³/mol. The summed E-state index contributed by atoms with van der Waals surface area (Å²) in [5.41, 5.74) is 0. The fraction of sp³-hybridized carbons (Fsp3) is 0.857. The lowest BCUT2D eigenvalue weighted by Gasteiger charge is -2.19. The van der Waals surface area contributed by atoms with Gasteiger partial charge in [0.15, 0.2) is 0 Å². The number of methoxy groups -OCH3 is 1. The minimum absolute atomic E-state index is 0.589. The van der Waals surface area contributed by atoms with E-state index in [0.717, 1.165) is 32.5 Å². The summed E-state index contributed by atoms with van der Waals surface area (Å²) in [7, 11) is 1.69. The van der Waals surface area contributed by atoms with E-state index in [1.165, 1.54) is 12.8 Å². The number of hydrogen-bond acceptors (Lipinski definition) is 6. The Bertz CT molecular complexity index is 336. The number of ether oxygens (including phenoxy) is 1. The van der Waals surface area contributed by atoms with Crippen molar-refractivity contribution >= 4 is 6.01 Å². The van der Waals surface area contributed by atoms with Crippen molar-refractivity contribution in [2.75, 3.05) is 38.3 Å². The summed E-state index contributed by atoms with van der Waals surface area (Å²) in [5.74, 6) is 0.633. The largest absolute Gasteiger partial charge is 0.407 e. The van der Waals surface area contributed by atoms with Crippen molar-refractivity contribution in [1.29, 1.82) is 0 Å². The van der Waals surface area contributed by atoms with Gasteiger partial charge in [-0.2, -0.15) is 0 Å². The molecule has 0 aliphatic carbocycles. The Morgan fingerprint density at radius 1 is 1.15 bits per heavy atom. The number of anilines is 1. The summed E-state index contributed by atoms with van der Waals surface area (Å²) < 4.78 is 10.7. The Balaban J connectivity index is 2.46. The van der Waals surface area contributed by atoms with Gasteiger partial charge in [-0.25, -0.2) is 0 Å². The molecule has 1 aromatic rings. The van der Waals surface area contributed by atoms with Gasteiger partial charge in [-0.1, -0.05) is 31.8 Å². The van der Waals surface area contributed by atoms with Crippen LogP contribution in [0.2, 0.25) is 0 Å². The van der Waals surface area contributed by atoms with E-state index >= 15 is 0 Å². The van der Waals surface area contributed by atoms with Gasteiger partial charge in [-0.3, -0.25) is 0 Å². The monoisotopic (exact) mass is 284 g/mol. The summed E-state index contributed by atoms with van der Waals surface area (Å²) in [5, 5.41) is 11.4. The molecule has 0 amide bonds. The van der Waals surface area contributed by atoms with Crippen LogP contribution in [0.4, 0.5) is 6.01 Å². The van der Waals surface area contributed by atoms with Crippen LogP contribution in [0.15, 0.2) is 4.42 Å². The number of nitrogens with zero attached hydrogens (tertiary/aromatic N) is 3. The van der Waals surface area contributed by atoms with Crippen molar-refractivity contribution in [3.05, 3.63) is 5.89 Å². The molecule has 0 unspecified atom stereocenters. The number of unbranched alkanes of at least 4 members (excludes halogenated alkanes) is 2. The SMILES string of the molecule is CCCCN(CCCC)c1nnc(CNCCOC)o1. The minimum atomic E-state index is 0.589. The third-order valence-electron chi connectivity index (χ3n) is 3.05.